The Hall–Kier alpha value is -0.610. The van der Waals surface area contributed by atoms with Crippen LogP contribution in [0.25, 0.3) is 0 Å². The Morgan fingerprint density at radius 3 is 2.53 bits per heavy atom. The molecule has 0 aliphatic rings. The van der Waals surface area contributed by atoms with E-state index in [1.807, 2.05) is 0 Å². The van der Waals surface area contributed by atoms with Crippen LogP contribution in [0.4, 0.5) is 0 Å². The number of Topliss-reactive ketones (excluding diaryl/α,β-unsaturated/α-hetero) is 1. The highest BCUT2D eigenvalue weighted by Gasteiger charge is 2.16. The minimum Gasteiger partial charge on any atom is -0.385 e. The summed E-state index contributed by atoms with van der Waals surface area (Å²) < 4.78 is 4.88. The lowest BCUT2D eigenvalue weighted by Crippen LogP contribution is -2.33. The number of halogens is 2. The van der Waals surface area contributed by atoms with Crippen molar-refractivity contribution in [3.8, 4) is 0 Å². The highest BCUT2D eigenvalue weighted by Crippen LogP contribution is 2.25. The third-order valence-electron chi connectivity index (χ3n) is 2.46. The van der Waals surface area contributed by atoms with Crippen molar-refractivity contribution in [2.24, 2.45) is 5.73 Å². The lowest BCUT2D eigenvalue weighted by Gasteiger charge is -2.11. The van der Waals surface area contributed by atoms with Gasteiger partial charge in [-0.2, -0.15) is 0 Å². The molecule has 0 aromatic heterocycles. The molecule has 0 heterocycles. The van der Waals surface area contributed by atoms with E-state index in [-0.39, 0.29) is 12.2 Å². The number of nitrogens with two attached hydrogens (primary N) is 1. The smallest absolute Gasteiger partial charge is 0.154 e. The van der Waals surface area contributed by atoms with E-state index in [9.17, 15) is 4.79 Å². The Bertz CT molecular complexity index is 376. The zero-order valence-corrected chi connectivity index (χ0v) is 11.1. The molecule has 0 bridgehead atoms. The summed E-state index contributed by atoms with van der Waals surface area (Å²) >= 11 is 12.0. The quantitative estimate of drug-likeness (QED) is 0.868. The molecule has 5 heteroatoms. The van der Waals surface area contributed by atoms with Gasteiger partial charge in [-0.3, -0.25) is 4.79 Å². The predicted octanol–water partition coefficient (Wildman–Crippen LogP) is 2.47. The van der Waals surface area contributed by atoms with Crippen molar-refractivity contribution in [1.82, 2.24) is 0 Å². The highest BCUT2D eigenvalue weighted by molar-refractivity contribution is 6.36. The first-order valence-corrected chi connectivity index (χ1v) is 6.02. The van der Waals surface area contributed by atoms with Crippen molar-refractivity contribution in [3.05, 3.63) is 33.8 Å². The number of ketones is 1. The van der Waals surface area contributed by atoms with Crippen molar-refractivity contribution in [2.75, 3.05) is 13.7 Å². The maximum atomic E-state index is 11.8. The molecular weight excluding hydrogens is 261 g/mol. The molecule has 17 heavy (non-hydrogen) atoms. The van der Waals surface area contributed by atoms with Gasteiger partial charge in [-0.15, -0.1) is 0 Å². The van der Waals surface area contributed by atoms with E-state index in [4.69, 9.17) is 33.7 Å². The fourth-order valence-corrected chi connectivity index (χ4v) is 1.94. The highest BCUT2D eigenvalue weighted by atomic mass is 35.5. The van der Waals surface area contributed by atoms with Crippen LogP contribution in [0.3, 0.4) is 0 Å². The van der Waals surface area contributed by atoms with Crippen LogP contribution in [0.2, 0.25) is 10.0 Å². The molecule has 1 aromatic rings. The van der Waals surface area contributed by atoms with Crippen molar-refractivity contribution in [2.45, 2.75) is 18.9 Å². The summed E-state index contributed by atoms with van der Waals surface area (Å²) in [5.41, 5.74) is 6.37. The number of ether oxygens (including phenoxy) is 1. The van der Waals surface area contributed by atoms with Crippen LogP contribution in [0.5, 0.6) is 0 Å². The number of methoxy groups -OCH3 is 1. The second-order valence-electron chi connectivity index (χ2n) is 3.73. The van der Waals surface area contributed by atoms with E-state index in [1.165, 1.54) is 0 Å². The molecule has 0 saturated carbocycles. The molecule has 1 aromatic carbocycles. The van der Waals surface area contributed by atoms with Gasteiger partial charge in [0.1, 0.15) is 0 Å². The number of benzene rings is 1. The van der Waals surface area contributed by atoms with Crippen molar-refractivity contribution in [3.63, 3.8) is 0 Å². The van der Waals surface area contributed by atoms with Gasteiger partial charge in [0, 0.05) is 30.2 Å². The van der Waals surface area contributed by atoms with Crippen molar-refractivity contribution < 1.29 is 9.53 Å². The minimum atomic E-state index is -0.540. The first-order chi connectivity index (χ1) is 8.06. The average Bonchev–Trinajstić information content (AvgIpc) is 2.30. The maximum absolute atomic E-state index is 11.8. The van der Waals surface area contributed by atoms with Crippen molar-refractivity contribution >= 4 is 29.0 Å². The standard InChI is InChI=1S/C12H15Cl2NO2/c1-17-6-5-11(15)12(16)7-8-9(13)3-2-4-10(8)14/h2-4,11H,5-7,15H2,1H3. The zero-order valence-electron chi connectivity index (χ0n) is 9.58. The van der Waals surface area contributed by atoms with Gasteiger partial charge in [0.25, 0.3) is 0 Å². The van der Waals surface area contributed by atoms with E-state index in [1.54, 1.807) is 25.3 Å². The number of carbonyl (C=O) groups is 1. The van der Waals surface area contributed by atoms with Gasteiger partial charge in [-0.25, -0.2) is 0 Å². The average molecular weight is 276 g/mol. The third kappa shape index (κ3) is 4.28. The number of hydrogen-bond acceptors (Lipinski definition) is 3. The van der Waals surface area contributed by atoms with E-state index < -0.39 is 6.04 Å². The fourth-order valence-electron chi connectivity index (χ4n) is 1.41. The Morgan fingerprint density at radius 2 is 2.00 bits per heavy atom. The Labute approximate surface area is 111 Å². The third-order valence-corrected chi connectivity index (χ3v) is 3.17. The van der Waals surface area contributed by atoms with Crippen LogP contribution >= 0.6 is 23.2 Å². The van der Waals surface area contributed by atoms with Gasteiger partial charge >= 0.3 is 0 Å². The molecule has 0 radical (unpaired) electrons. The predicted molar refractivity (Wildman–Crippen MR) is 69.6 cm³/mol. The minimum absolute atomic E-state index is 0.0861. The van der Waals surface area contributed by atoms with Crippen LogP contribution < -0.4 is 5.73 Å². The fraction of sp³-hybridized carbons (Fsp3) is 0.417. The van der Waals surface area contributed by atoms with Crippen LogP contribution in [0.15, 0.2) is 18.2 Å². The molecule has 3 nitrogen and oxygen atoms in total. The molecule has 0 fully saturated rings. The molecule has 94 valence electrons. The molecule has 1 atom stereocenters. The van der Waals surface area contributed by atoms with E-state index in [0.29, 0.717) is 28.6 Å². The summed E-state index contributed by atoms with van der Waals surface area (Å²) in [4.78, 5) is 11.8. The van der Waals surface area contributed by atoms with Gasteiger partial charge in [-0.1, -0.05) is 29.3 Å². The SMILES string of the molecule is COCCC(N)C(=O)Cc1c(Cl)cccc1Cl. The van der Waals surface area contributed by atoms with Gasteiger partial charge in [0.2, 0.25) is 0 Å². The summed E-state index contributed by atoms with van der Waals surface area (Å²) in [6.45, 7) is 0.461. The summed E-state index contributed by atoms with van der Waals surface area (Å²) in [5.74, 6) is -0.0861. The monoisotopic (exact) mass is 275 g/mol. The molecule has 0 aliphatic heterocycles. The van der Waals surface area contributed by atoms with Gasteiger partial charge in [0.05, 0.1) is 6.04 Å². The molecule has 1 unspecified atom stereocenters. The number of rotatable bonds is 6. The Morgan fingerprint density at radius 1 is 1.41 bits per heavy atom. The largest absolute Gasteiger partial charge is 0.385 e. The van der Waals surface area contributed by atoms with Crippen molar-refractivity contribution in [1.29, 1.82) is 0 Å². The normalized spacial score (nSPS) is 12.5. The molecule has 1 rings (SSSR count). The first kappa shape index (κ1) is 14.5. The topological polar surface area (TPSA) is 52.3 Å². The van der Waals surface area contributed by atoms with Crippen LogP contribution in [-0.4, -0.2) is 25.5 Å². The van der Waals surface area contributed by atoms with Crippen LogP contribution in [0, 0.1) is 0 Å². The summed E-state index contributed by atoms with van der Waals surface area (Å²) in [7, 11) is 1.57. The summed E-state index contributed by atoms with van der Waals surface area (Å²) in [5, 5.41) is 0.981. The zero-order chi connectivity index (χ0) is 12.8. The molecule has 0 amide bonds. The number of carbonyl (C=O) groups excluding carboxylic acids is 1. The first-order valence-electron chi connectivity index (χ1n) is 5.26. The molecule has 0 saturated heterocycles. The summed E-state index contributed by atoms with van der Waals surface area (Å²) in [6, 6.07) is 4.61. The van der Waals surface area contributed by atoms with E-state index in [2.05, 4.69) is 0 Å². The van der Waals surface area contributed by atoms with Gasteiger partial charge < -0.3 is 10.5 Å². The lowest BCUT2D eigenvalue weighted by molar-refractivity contribution is -0.120. The Balaban J connectivity index is 2.68. The summed E-state index contributed by atoms with van der Waals surface area (Å²) in [6.07, 6.45) is 0.654. The second kappa shape index (κ2) is 6.97. The Kier molecular flexibility index (Phi) is 5.92. The number of hydrogen-bond donors (Lipinski definition) is 1. The lowest BCUT2D eigenvalue weighted by atomic mass is 10.0. The van der Waals surface area contributed by atoms with Crippen LogP contribution in [0.1, 0.15) is 12.0 Å². The second-order valence-corrected chi connectivity index (χ2v) is 4.55. The van der Waals surface area contributed by atoms with Gasteiger partial charge in [-0.05, 0) is 24.1 Å². The van der Waals surface area contributed by atoms with Gasteiger partial charge in [0.15, 0.2) is 5.78 Å². The maximum Gasteiger partial charge on any atom is 0.154 e. The molecule has 0 aliphatic carbocycles. The molecular formula is C12H15Cl2NO2. The van der Waals surface area contributed by atoms with Crippen LogP contribution in [-0.2, 0) is 16.0 Å². The molecule has 0 spiro atoms. The van der Waals surface area contributed by atoms with E-state index >= 15 is 0 Å². The molecule has 2 N–H and O–H groups in total. The van der Waals surface area contributed by atoms with E-state index in [0.717, 1.165) is 0 Å².